The van der Waals surface area contributed by atoms with Gasteiger partial charge in [-0.3, -0.25) is 4.79 Å². The average molecular weight is 337 g/mol. The van der Waals surface area contributed by atoms with Gasteiger partial charge >= 0.3 is 5.97 Å². The van der Waals surface area contributed by atoms with Gasteiger partial charge in [0.05, 0.1) is 12.5 Å². The Labute approximate surface area is 142 Å². The van der Waals surface area contributed by atoms with Gasteiger partial charge < -0.3 is 9.16 Å². The second-order valence-electron chi connectivity index (χ2n) is 7.64. The maximum Gasteiger partial charge on any atom is 0.308 e. The van der Waals surface area contributed by atoms with Gasteiger partial charge in [-0.1, -0.05) is 64.4 Å². The quantitative estimate of drug-likeness (QED) is 0.476. The molecule has 0 radical (unpaired) electrons. The molecule has 0 bridgehead atoms. The van der Waals surface area contributed by atoms with E-state index in [2.05, 4.69) is 40.8 Å². The van der Waals surface area contributed by atoms with Crippen LogP contribution in [0.2, 0.25) is 18.1 Å². The van der Waals surface area contributed by atoms with Gasteiger partial charge in [-0.15, -0.1) is 0 Å². The highest BCUT2D eigenvalue weighted by Gasteiger charge is 2.39. The number of carbonyl (C=O) groups is 1. The third kappa shape index (κ3) is 6.88. The van der Waals surface area contributed by atoms with Crippen LogP contribution in [0.4, 0.5) is 0 Å². The third-order valence-corrected chi connectivity index (χ3v) is 9.05. The monoisotopic (exact) mass is 336 g/mol. The first-order valence-electron chi connectivity index (χ1n) is 8.53. The lowest BCUT2D eigenvalue weighted by atomic mass is 10.1. The van der Waals surface area contributed by atoms with Gasteiger partial charge in [-0.25, -0.2) is 0 Å². The SMILES string of the molecule is CCC[C@@H](CC(=O)OCc1ccccc1)O[Si](C)(C)C(C)(C)C. The summed E-state index contributed by atoms with van der Waals surface area (Å²) in [4.78, 5) is 12.2. The molecule has 4 heteroatoms. The highest BCUT2D eigenvalue weighted by molar-refractivity contribution is 6.74. The summed E-state index contributed by atoms with van der Waals surface area (Å²) in [6.07, 6.45) is 2.20. The van der Waals surface area contributed by atoms with Gasteiger partial charge in [0.1, 0.15) is 6.61 Å². The molecular weight excluding hydrogens is 304 g/mol. The van der Waals surface area contributed by atoms with Crippen molar-refractivity contribution in [3.8, 4) is 0 Å². The predicted octanol–water partition coefficient (Wildman–Crippen LogP) is 5.31. The number of hydrogen-bond acceptors (Lipinski definition) is 3. The number of benzene rings is 1. The molecule has 1 rings (SSSR count). The lowest BCUT2D eigenvalue weighted by Crippen LogP contribution is -2.44. The van der Waals surface area contributed by atoms with Crippen molar-refractivity contribution < 1.29 is 14.0 Å². The van der Waals surface area contributed by atoms with E-state index in [4.69, 9.17) is 9.16 Å². The van der Waals surface area contributed by atoms with Crippen molar-refractivity contribution in [1.82, 2.24) is 0 Å². The van der Waals surface area contributed by atoms with Gasteiger partial charge in [0.25, 0.3) is 0 Å². The first-order valence-corrected chi connectivity index (χ1v) is 11.4. The molecule has 0 fully saturated rings. The third-order valence-electron chi connectivity index (χ3n) is 4.52. The molecule has 1 aromatic carbocycles. The molecule has 0 saturated heterocycles. The molecule has 1 aromatic rings. The van der Waals surface area contributed by atoms with Crippen molar-refractivity contribution in [1.29, 1.82) is 0 Å². The van der Waals surface area contributed by atoms with Crippen molar-refractivity contribution in [2.75, 3.05) is 0 Å². The summed E-state index contributed by atoms with van der Waals surface area (Å²) in [5.41, 5.74) is 1.01. The average Bonchev–Trinajstić information content (AvgIpc) is 2.45. The van der Waals surface area contributed by atoms with E-state index in [0.29, 0.717) is 13.0 Å². The highest BCUT2D eigenvalue weighted by atomic mass is 28.4. The van der Waals surface area contributed by atoms with Gasteiger partial charge in [0, 0.05) is 0 Å². The minimum absolute atomic E-state index is 0.0378. The van der Waals surface area contributed by atoms with Crippen molar-refractivity contribution in [2.24, 2.45) is 0 Å². The Morgan fingerprint density at radius 2 is 1.78 bits per heavy atom. The van der Waals surface area contributed by atoms with Gasteiger partial charge in [0.2, 0.25) is 0 Å². The molecular formula is C19H32O3Si. The zero-order valence-electron chi connectivity index (χ0n) is 15.5. The molecule has 0 aliphatic heterocycles. The Balaban J connectivity index is 2.56. The normalized spacial score (nSPS) is 13.7. The molecule has 1 atom stereocenters. The molecule has 23 heavy (non-hydrogen) atoms. The van der Waals surface area contributed by atoms with Crippen LogP contribution in [0.25, 0.3) is 0 Å². The molecule has 0 saturated carbocycles. The van der Waals surface area contributed by atoms with Gasteiger partial charge in [0.15, 0.2) is 8.32 Å². The van der Waals surface area contributed by atoms with E-state index in [0.717, 1.165) is 18.4 Å². The van der Waals surface area contributed by atoms with Crippen LogP contribution >= 0.6 is 0 Å². The van der Waals surface area contributed by atoms with E-state index in [1.54, 1.807) is 0 Å². The highest BCUT2D eigenvalue weighted by Crippen LogP contribution is 2.38. The number of rotatable bonds is 8. The number of ether oxygens (including phenoxy) is 1. The van der Waals surface area contributed by atoms with Crippen LogP contribution in [0.5, 0.6) is 0 Å². The number of esters is 1. The molecule has 130 valence electrons. The summed E-state index contributed by atoms with van der Waals surface area (Å²) in [7, 11) is -1.87. The fraction of sp³-hybridized carbons (Fsp3) is 0.632. The second kappa shape index (κ2) is 8.64. The van der Waals surface area contributed by atoms with Crippen LogP contribution in [0.15, 0.2) is 30.3 Å². The molecule has 0 amide bonds. The standard InChI is InChI=1S/C19H32O3Si/c1-7-11-17(22-23(5,6)19(2,3)4)14-18(20)21-15-16-12-9-8-10-13-16/h8-10,12-13,17H,7,11,14-15H2,1-6H3/t17-/m0/s1. The van der Waals surface area contributed by atoms with Gasteiger partial charge in [-0.2, -0.15) is 0 Å². The van der Waals surface area contributed by atoms with Crippen LogP contribution in [-0.4, -0.2) is 20.4 Å². The summed E-state index contributed by atoms with van der Waals surface area (Å²) in [5.74, 6) is -0.175. The smallest absolute Gasteiger partial charge is 0.308 e. The zero-order chi connectivity index (χ0) is 17.5. The van der Waals surface area contributed by atoms with E-state index >= 15 is 0 Å². The molecule has 0 heterocycles. The fourth-order valence-electron chi connectivity index (χ4n) is 2.10. The summed E-state index contributed by atoms with van der Waals surface area (Å²) < 4.78 is 11.8. The summed E-state index contributed by atoms with van der Waals surface area (Å²) in [5, 5.41) is 0.146. The fourth-order valence-corrected chi connectivity index (χ4v) is 3.49. The van der Waals surface area contributed by atoms with Crippen molar-refractivity contribution in [3.63, 3.8) is 0 Å². The van der Waals surface area contributed by atoms with E-state index < -0.39 is 8.32 Å². The van der Waals surface area contributed by atoms with Crippen LogP contribution < -0.4 is 0 Å². The first kappa shape index (κ1) is 19.9. The van der Waals surface area contributed by atoms with Crippen LogP contribution in [-0.2, 0) is 20.6 Å². The van der Waals surface area contributed by atoms with Crippen LogP contribution in [0.1, 0.15) is 52.5 Å². The maximum atomic E-state index is 12.2. The lowest BCUT2D eigenvalue weighted by molar-refractivity contribution is -0.147. The van der Waals surface area contributed by atoms with Crippen molar-refractivity contribution in [3.05, 3.63) is 35.9 Å². The maximum absolute atomic E-state index is 12.2. The number of hydrogen-bond donors (Lipinski definition) is 0. The second-order valence-corrected chi connectivity index (χ2v) is 12.4. The number of carbonyl (C=O) groups excluding carboxylic acids is 1. The minimum Gasteiger partial charge on any atom is -0.461 e. The Hall–Kier alpha value is -1.13. The molecule has 0 aliphatic rings. The Morgan fingerprint density at radius 3 is 2.30 bits per heavy atom. The molecule has 0 aromatic heterocycles. The Kier molecular flexibility index (Phi) is 7.48. The zero-order valence-corrected chi connectivity index (χ0v) is 16.5. The molecule has 3 nitrogen and oxygen atoms in total. The summed E-state index contributed by atoms with van der Waals surface area (Å²) in [6.45, 7) is 13.6. The largest absolute Gasteiger partial charge is 0.461 e. The molecule has 0 N–H and O–H groups in total. The predicted molar refractivity (Wildman–Crippen MR) is 97.8 cm³/mol. The van der Waals surface area contributed by atoms with Crippen LogP contribution in [0.3, 0.4) is 0 Å². The summed E-state index contributed by atoms with van der Waals surface area (Å²) in [6, 6.07) is 9.77. The van der Waals surface area contributed by atoms with Gasteiger partial charge in [-0.05, 0) is 30.1 Å². The lowest BCUT2D eigenvalue weighted by Gasteiger charge is -2.39. The van der Waals surface area contributed by atoms with Crippen molar-refractivity contribution in [2.45, 2.75) is 77.8 Å². The topological polar surface area (TPSA) is 35.5 Å². The van der Waals surface area contributed by atoms with Crippen LogP contribution in [0, 0.1) is 0 Å². The van der Waals surface area contributed by atoms with E-state index in [1.165, 1.54) is 0 Å². The first-order chi connectivity index (χ1) is 10.7. The minimum atomic E-state index is -1.87. The Bertz CT molecular complexity index is 477. The molecule has 0 spiro atoms. The Morgan fingerprint density at radius 1 is 1.17 bits per heavy atom. The van der Waals surface area contributed by atoms with E-state index in [1.807, 2.05) is 30.3 Å². The van der Waals surface area contributed by atoms with E-state index in [-0.39, 0.29) is 17.1 Å². The molecule has 0 aliphatic carbocycles. The molecule has 0 unspecified atom stereocenters. The summed E-state index contributed by atoms with van der Waals surface area (Å²) >= 11 is 0. The van der Waals surface area contributed by atoms with Crippen molar-refractivity contribution >= 4 is 14.3 Å². The van der Waals surface area contributed by atoms with E-state index in [9.17, 15) is 4.79 Å².